The summed E-state index contributed by atoms with van der Waals surface area (Å²) in [6.07, 6.45) is 9.62. The summed E-state index contributed by atoms with van der Waals surface area (Å²) < 4.78 is 2.42. The van der Waals surface area contributed by atoms with Crippen molar-refractivity contribution in [3.8, 4) is 11.3 Å². The molecule has 1 unspecified atom stereocenters. The molecule has 2 aromatic heterocycles. The molecule has 4 rings (SSSR count). The maximum absolute atomic E-state index is 4.35. The average Bonchev–Trinajstić information content (AvgIpc) is 2.99. The van der Waals surface area contributed by atoms with Crippen LogP contribution in [0.1, 0.15) is 43.5 Å². The Morgan fingerprint density at radius 2 is 2.33 bits per heavy atom. The Hall–Kier alpha value is -1.09. The van der Waals surface area contributed by atoms with E-state index in [1.165, 1.54) is 36.9 Å². The Kier molecular flexibility index (Phi) is 2.37. The number of rotatable bonds is 1. The lowest BCUT2D eigenvalue weighted by Gasteiger charge is -2.32. The second-order valence-corrected chi connectivity index (χ2v) is 6.81. The van der Waals surface area contributed by atoms with Gasteiger partial charge in [-0.05, 0) is 36.1 Å². The van der Waals surface area contributed by atoms with Crippen LogP contribution in [0.25, 0.3) is 11.3 Å². The van der Waals surface area contributed by atoms with Gasteiger partial charge in [0.2, 0.25) is 0 Å². The molecule has 3 heterocycles. The van der Waals surface area contributed by atoms with Crippen molar-refractivity contribution in [3.05, 3.63) is 28.8 Å². The molecule has 0 bridgehead atoms. The molecule has 0 amide bonds. The van der Waals surface area contributed by atoms with E-state index in [4.69, 9.17) is 0 Å². The molecule has 0 N–H and O–H groups in total. The van der Waals surface area contributed by atoms with Crippen molar-refractivity contribution in [1.29, 1.82) is 0 Å². The normalized spacial score (nSPS) is 30.2. The number of imidazole rings is 1. The fourth-order valence-electron chi connectivity index (χ4n) is 3.83. The third-order valence-corrected chi connectivity index (χ3v) is 5.62. The van der Waals surface area contributed by atoms with E-state index in [2.05, 4.69) is 27.9 Å². The van der Waals surface area contributed by atoms with Crippen molar-refractivity contribution >= 4 is 11.3 Å². The van der Waals surface area contributed by atoms with Gasteiger partial charge in [0.05, 0.1) is 24.3 Å². The van der Waals surface area contributed by atoms with Crippen LogP contribution in [-0.4, -0.2) is 9.55 Å². The standard InChI is InChI=1S/C15H18N2S/c1-10-3-2-4-11(7-10)14-15-12(5-6-18-15)13-8-16-9-17(13)14/h5-6,8-11,14H,2-4,7H2,1H3/t10-,11?,14-/m1/s1. The Balaban J connectivity index is 1.77. The summed E-state index contributed by atoms with van der Waals surface area (Å²) in [7, 11) is 0. The Labute approximate surface area is 112 Å². The summed E-state index contributed by atoms with van der Waals surface area (Å²) in [6, 6.07) is 2.83. The molecule has 3 heteroatoms. The van der Waals surface area contributed by atoms with Crippen LogP contribution in [0.15, 0.2) is 24.0 Å². The van der Waals surface area contributed by atoms with Gasteiger partial charge < -0.3 is 4.57 Å². The molecule has 2 nitrogen and oxygen atoms in total. The fraction of sp³-hybridized carbons (Fsp3) is 0.533. The number of nitrogens with zero attached hydrogens (tertiary/aromatic N) is 2. The number of thiophene rings is 1. The average molecular weight is 258 g/mol. The molecule has 0 aromatic carbocycles. The summed E-state index contributed by atoms with van der Waals surface area (Å²) in [6.45, 7) is 2.41. The summed E-state index contributed by atoms with van der Waals surface area (Å²) >= 11 is 1.93. The van der Waals surface area contributed by atoms with E-state index >= 15 is 0 Å². The van der Waals surface area contributed by atoms with Crippen molar-refractivity contribution < 1.29 is 0 Å². The maximum Gasteiger partial charge on any atom is 0.0957 e. The van der Waals surface area contributed by atoms with Gasteiger partial charge in [0.1, 0.15) is 0 Å². The third-order valence-electron chi connectivity index (χ3n) is 4.63. The predicted molar refractivity (Wildman–Crippen MR) is 74.8 cm³/mol. The van der Waals surface area contributed by atoms with Gasteiger partial charge in [0, 0.05) is 10.4 Å². The van der Waals surface area contributed by atoms with Gasteiger partial charge in [-0.1, -0.05) is 19.8 Å². The lowest BCUT2D eigenvalue weighted by atomic mass is 9.78. The van der Waals surface area contributed by atoms with Crippen LogP contribution in [0.4, 0.5) is 0 Å². The Morgan fingerprint density at radius 1 is 1.39 bits per heavy atom. The molecular formula is C15H18N2S. The smallest absolute Gasteiger partial charge is 0.0957 e. The van der Waals surface area contributed by atoms with Gasteiger partial charge in [-0.3, -0.25) is 0 Å². The van der Waals surface area contributed by atoms with Gasteiger partial charge in [0.15, 0.2) is 0 Å². The highest BCUT2D eigenvalue weighted by Gasteiger charge is 2.36. The SMILES string of the molecule is C[C@@H]1CCCC([C@@H]2c3sccc3-c3cncn32)C1. The third kappa shape index (κ3) is 1.43. The van der Waals surface area contributed by atoms with Gasteiger partial charge >= 0.3 is 0 Å². The van der Waals surface area contributed by atoms with Crippen LogP contribution in [0, 0.1) is 11.8 Å². The molecule has 1 aliphatic carbocycles. The zero-order valence-electron chi connectivity index (χ0n) is 10.7. The molecule has 0 spiro atoms. The molecule has 94 valence electrons. The highest BCUT2D eigenvalue weighted by atomic mass is 32.1. The fourth-order valence-corrected chi connectivity index (χ4v) is 4.93. The van der Waals surface area contributed by atoms with Crippen LogP contribution in [0.2, 0.25) is 0 Å². The van der Waals surface area contributed by atoms with Crippen molar-refractivity contribution in [2.24, 2.45) is 11.8 Å². The predicted octanol–water partition coefficient (Wildman–Crippen LogP) is 4.34. The number of hydrogen-bond donors (Lipinski definition) is 0. The van der Waals surface area contributed by atoms with Crippen LogP contribution in [0.3, 0.4) is 0 Å². The van der Waals surface area contributed by atoms with E-state index in [9.17, 15) is 0 Å². The summed E-state index contributed by atoms with van der Waals surface area (Å²) in [4.78, 5) is 5.93. The van der Waals surface area contributed by atoms with E-state index in [0.29, 0.717) is 6.04 Å². The second-order valence-electron chi connectivity index (χ2n) is 5.86. The molecule has 1 fully saturated rings. The first-order chi connectivity index (χ1) is 8.84. The van der Waals surface area contributed by atoms with Crippen LogP contribution in [0.5, 0.6) is 0 Å². The van der Waals surface area contributed by atoms with E-state index in [1.807, 2.05) is 23.9 Å². The second kappa shape index (κ2) is 3.95. The molecule has 0 radical (unpaired) electrons. The van der Waals surface area contributed by atoms with Crippen molar-refractivity contribution in [1.82, 2.24) is 9.55 Å². The van der Waals surface area contributed by atoms with Gasteiger partial charge in [0.25, 0.3) is 0 Å². The minimum Gasteiger partial charge on any atom is -0.322 e. The minimum absolute atomic E-state index is 0.570. The molecular weight excluding hydrogens is 240 g/mol. The molecule has 1 aliphatic heterocycles. The van der Waals surface area contributed by atoms with Crippen LogP contribution in [-0.2, 0) is 0 Å². The largest absolute Gasteiger partial charge is 0.322 e. The van der Waals surface area contributed by atoms with Crippen molar-refractivity contribution in [2.75, 3.05) is 0 Å². The van der Waals surface area contributed by atoms with Gasteiger partial charge in [-0.25, -0.2) is 4.98 Å². The Bertz CT molecular complexity index is 528. The summed E-state index contributed by atoms with van der Waals surface area (Å²) in [5.74, 6) is 1.70. The molecule has 3 atom stereocenters. The van der Waals surface area contributed by atoms with Crippen molar-refractivity contribution in [2.45, 2.75) is 38.6 Å². The van der Waals surface area contributed by atoms with E-state index in [0.717, 1.165) is 11.8 Å². The van der Waals surface area contributed by atoms with E-state index in [1.54, 1.807) is 4.88 Å². The molecule has 18 heavy (non-hydrogen) atoms. The first kappa shape index (κ1) is 10.8. The highest BCUT2D eigenvalue weighted by Crippen LogP contribution is 2.49. The zero-order chi connectivity index (χ0) is 12.1. The first-order valence-corrected chi connectivity index (χ1v) is 7.82. The van der Waals surface area contributed by atoms with Crippen molar-refractivity contribution in [3.63, 3.8) is 0 Å². The van der Waals surface area contributed by atoms with Gasteiger partial charge in [-0.2, -0.15) is 0 Å². The summed E-state index contributed by atoms with van der Waals surface area (Å²) in [5, 5.41) is 2.24. The number of aromatic nitrogens is 2. The molecule has 2 aromatic rings. The topological polar surface area (TPSA) is 17.8 Å². The molecule has 2 aliphatic rings. The lowest BCUT2D eigenvalue weighted by Crippen LogP contribution is -2.22. The van der Waals surface area contributed by atoms with Crippen LogP contribution < -0.4 is 0 Å². The quantitative estimate of drug-likeness (QED) is 0.744. The molecule has 1 saturated carbocycles. The van der Waals surface area contributed by atoms with Gasteiger partial charge in [-0.15, -0.1) is 11.3 Å². The highest BCUT2D eigenvalue weighted by molar-refractivity contribution is 7.10. The molecule has 0 saturated heterocycles. The Morgan fingerprint density at radius 3 is 3.22 bits per heavy atom. The minimum atomic E-state index is 0.570. The van der Waals surface area contributed by atoms with E-state index < -0.39 is 0 Å². The monoisotopic (exact) mass is 258 g/mol. The maximum atomic E-state index is 4.35. The number of hydrogen-bond acceptors (Lipinski definition) is 2. The zero-order valence-corrected chi connectivity index (χ0v) is 11.5. The van der Waals surface area contributed by atoms with E-state index in [-0.39, 0.29) is 0 Å². The van der Waals surface area contributed by atoms with Crippen LogP contribution >= 0.6 is 11.3 Å². The first-order valence-electron chi connectivity index (χ1n) is 6.94. The summed E-state index contributed by atoms with van der Waals surface area (Å²) in [5.41, 5.74) is 2.76. The lowest BCUT2D eigenvalue weighted by molar-refractivity contribution is 0.234. The number of fused-ring (bicyclic) bond motifs is 3.